The Bertz CT molecular complexity index is 844. The second-order valence-electron chi connectivity index (χ2n) is 6.14. The maximum atomic E-state index is 13.0. The number of aryl methyl sites for hydroxylation is 1. The number of fused-ring (bicyclic) bond motifs is 1. The molecule has 6 nitrogen and oxygen atoms in total. The third kappa shape index (κ3) is 3.05. The van der Waals surface area contributed by atoms with Crippen LogP contribution >= 0.6 is 11.6 Å². The van der Waals surface area contributed by atoms with Gasteiger partial charge in [0.1, 0.15) is 17.1 Å². The Balaban J connectivity index is 1.94. The third-order valence-electron chi connectivity index (χ3n) is 4.32. The molecule has 0 radical (unpaired) electrons. The van der Waals surface area contributed by atoms with Gasteiger partial charge in [-0.05, 0) is 37.6 Å². The summed E-state index contributed by atoms with van der Waals surface area (Å²) < 4.78 is 5.30. The molecule has 2 aliphatic rings. The van der Waals surface area contributed by atoms with E-state index in [4.69, 9.17) is 16.3 Å². The average Bonchev–Trinajstić information content (AvgIpc) is 2.57. The van der Waals surface area contributed by atoms with Crippen molar-refractivity contribution in [1.29, 1.82) is 0 Å². The van der Waals surface area contributed by atoms with Gasteiger partial charge in [0.25, 0.3) is 11.8 Å². The molecule has 1 aromatic carbocycles. The number of aliphatic imine (C=N–C) groups is 1. The van der Waals surface area contributed by atoms with Gasteiger partial charge in [0.15, 0.2) is 0 Å². The molecule has 1 aromatic rings. The van der Waals surface area contributed by atoms with E-state index >= 15 is 0 Å². The van der Waals surface area contributed by atoms with Crippen molar-refractivity contribution in [1.82, 2.24) is 4.90 Å². The van der Waals surface area contributed by atoms with Crippen molar-refractivity contribution in [2.45, 2.75) is 25.8 Å². The number of amidine groups is 1. The van der Waals surface area contributed by atoms with E-state index in [9.17, 15) is 9.59 Å². The molecule has 1 unspecified atom stereocenters. The van der Waals surface area contributed by atoms with Gasteiger partial charge in [0.05, 0.1) is 19.2 Å². The SMILES string of the molecule is COc1cc(Cl)c(C)cc1NC(=O)C1(C)CC(=O)N=C2C=CC=CN21. The lowest BCUT2D eigenvalue weighted by molar-refractivity contribution is -0.130. The highest BCUT2D eigenvalue weighted by molar-refractivity contribution is 6.31. The predicted octanol–water partition coefficient (Wildman–Crippen LogP) is 3.07. The molecule has 0 spiro atoms. The molecule has 7 heteroatoms. The van der Waals surface area contributed by atoms with Crippen molar-refractivity contribution in [3.63, 3.8) is 0 Å². The monoisotopic (exact) mass is 359 g/mol. The number of nitrogens with zero attached hydrogens (tertiary/aromatic N) is 2. The number of hydrogen-bond donors (Lipinski definition) is 1. The lowest BCUT2D eigenvalue weighted by atomic mass is 9.91. The van der Waals surface area contributed by atoms with Gasteiger partial charge in [-0.1, -0.05) is 17.7 Å². The van der Waals surface area contributed by atoms with Crippen molar-refractivity contribution in [3.05, 3.63) is 47.1 Å². The van der Waals surface area contributed by atoms with Crippen LogP contribution in [0.3, 0.4) is 0 Å². The van der Waals surface area contributed by atoms with Gasteiger partial charge in [-0.25, -0.2) is 0 Å². The van der Waals surface area contributed by atoms with Crippen molar-refractivity contribution in [2.75, 3.05) is 12.4 Å². The number of methoxy groups -OCH3 is 1. The number of hydrogen-bond acceptors (Lipinski definition) is 4. The zero-order chi connectivity index (χ0) is 18.2. The number of rotatable bonds is 3. The Labute approximate surface area is 150 Å². The molecule has 2 aliphatic heterocycles. The fourth-order valence-corrected chi connectivity index (χ4v) is 3.02. The third-order valence-corrected chi connectivity index (χ3v) is 4.73. The lowest BCUT2D eigenvalue weighted by Gasteiger charge is -2.41. The van der Waals surface area contributed by atoms with Gasteiger partial charge in [-0.15, -0.1) is 0 Å². The van der Waals surface area contributed by atoms with E-state index < -0.39 is 5.54 Å². The van der Waals surface area contributed by atoms with E-state index in [1.54, 1.807) is 48.4 Å². The van der Waals surface area contributed by atoms with Gasteiger partial charge in [0, 0.05) is 17.3 Å². The molecule has 25 heavy (non-hydrogen) atoms. The Morgan fingerprint density at radius 2 is 2.16 bits per heavy atom. The number of anilines is 1. The molecule has 0 fully saturated rings. The van der Waals surface area contributed by atoms with E-state index in [1.165, 1.54) is 7.11 Å². The quantitative estimate of drug-likeness (QED) is 0.900. The summed E-state index contributed by atoms with van der Waals surface area (Å²) in [7, 11) is 1.51. The molecule has 0 bridgehead atoms. The highest BCUT2D eigenvalue weighted by atomic mass is 35.5. The molecule has 3 rings (SSSR count). The molecule has 2 amide bonds. The number of amides is 2. The van der Waals surface area contributed by atoms with Crippen LogP contribution in [0, 0.1) is 6.92 Å². The van der Waals surface area contributed by atoms with Crippen LogP contribution < -0.4 is 10.1 Å². The Morgan fingerprint density at radius 3 is 2.88 bits per heavy atom. The number of nitrogens with one attached hydrogen (secondary N) is 1. The van der Waals surface area contributed by atoms with Gasteiger partial charge in [0.2, 0.25) is 0 Å². The first kappa shape index (κ1) is 17.2. The molecule has 0 aliphatic carbocycles. The topological polar surface area (TPSA) is 71.0 Å². The molecule has 0 saturated carbocycles. The smallest absolute Gasteiger partial charge is 0.251 e. The van der Waals surface area contributed by atoms with E-state index in [1.807, 2.05) is 6.92 Å². The van der Waals surface area contributed by atoms with Crippen LogP contribution in [-0.2, 0) is 9.59 Å². The number of carbonyl (C=O) groups excluding carboxylic acids is 2. The van der Waals surface area contributed by atoms with Crippen molar-refractivity contribution in [2.24, 2.45) is 4.99 Å². The first-order valence-corrected chi connectivity index (χ1v) is 8.14. The van der Waals surface area contributed by atoms with Crippen LogP contribution in [0.5, 0.6) is 5.75 Å². The van der Waals surface area contributed by atoms with E-state index in [0.717, 1.165) is 5.56 Å². The molecule has 2 heterocycles. The minimum atomic E-state index is -1.09. The van der Waals surface area contributed by atoms with Gasteiger partial charge >= 0.3 is 0 Å². The van der Waals surface area contributed by atoms with Crippen LogP contribution in [0.25, 0.3) is 0 Å². The zero-order valence-electron chi connectivity index (χ0n) is 14.2. The Kier molecular flexibility index (Phi) is 4.39. The number of allylic oxidation sites excluding steroid dienone is 2. The molecular weight excluding hydrogens is 342 g/mol. The fraction of sp³-hybridized carbons (Fsp3) is 0.278. The minimum Gasteiger partial charge on any atom is -0.495 e. The number of halogens is 1. The molecular formula is C18H18ClN3O3. The normalized spacial score (nSPS) is 21.7. The van der Waals surface area contributed by atoms with E-state index in [0.29, 0.717) is 22.3 Å². The van der Waals surface area contributed by atoms with Crippen LogP contribution in [-0.4, -0.2) is 35.2 Å². The second-order valence-corrected chi connectivity index (χ2v) is 6.55. The first-order valence-electron chi connectivity index (χ1n) is 7.76. The van der Waals surface area contributed by atoms with Gasteiger partial charge in [-0.3, -0.25) is 9.59 Å². The maximum Gasteiger partial charge on any atom is 0.251 e. The van der Waals surface area contributed by atoms with E-state index in [-0.39, 0.29) is 18.2 Å². The summed E-state index contributed by atoms with van der Waals surface area (Å²) in [6.45, 7) is 3.56. The first-order chi connectivity index (χ1) is 11.8. The summed E-state index contributed by atoms with van der Waals surface area (Å²) in [5.74, 6) is 0.254. The number of carbonyl (C=O) groups is 2. The van der Waals surface area contributed by atoms with Gasteiger partial charge < -0.3 is 15.0 Å². The fourth-order valence-electron chi connectivity index (χ4n) is 2.87. The molecule has 130 valence electrons. The van der Waals surface area contributed by atoms with Gasteiger partial charge in [-0.2, -0.15) is 4.99 Å². The summed E-state index contributed by atoms with van der Waals surface area (Å²) in [6, 6.07) is 3.39. The van der Waals surface area contributed by atoms with Crippen molar-refractivity contribution in [3.8, 4) is 5.75 Å². The Morgan fingerprint density at radius 1 is 1.40 bits per heavy atom. The zero-order valence-corrected chi connectivity index (χ0v) is 14.9. The van der Waals surface area contributed by atoms with Crippen LogP contribution in [0.15, 0.2) is 41.6 Å². The van der Waals surface area contributed by atoms with Crippen LogP contribution in [0.4, 0.5) is 5.69 Å². The summed E-state index contributed by atoms with van der Waals surface area (Å²) in [5, 5.41) is 3.41. The standard InChI is InChI=1S/C18H18ClN3O3/c1-11-8-13(14(25-3)9-12(11)19)20-17(24)18(2)10-16(23)21-15-6-4-5-7-22(15)18/h4-9H,10H2,1-3H3,(H,20,24). The van der Waals surface area contributed by atoms with Crippen LogP contribution in [0.1, 0.15) is 18.9 Å². The highest BCUT2D eigenvalue weighted by Crippen LogP contribution is 2.34. The number of ether oxygens (including phenoxy) is 1. The largest absolute Gasteiger partial charge is 0.495 e. The Hall–Kier alpha value is -2.60. The highest BCUT2D eigenvalue weighted by Gasteiger charge is 2.45. The van der Waals surface area contributed by atoms with Crippen LogP contribution in [0.2, 0.25) is 5.02 Å². The molecule has 0 saturated heterocycles. The van der Waals surface area contributed by atoms with E-state index in [2.05, 4.69) is 10.3 Å². The summed E-state index contributed by atoms with van der Waals surface area (Å²) >= 11 is 6.11. The summed E-state index contributed by atoms with van der Waals surface area (Å²) in [5.41, 5.74) is 0.225. The molecule has 0 aromatic heterocycles. The molecule has 1 atom stereocenters. The van der Waals surface area contributed by atoms with Crippen molar-refractivity contribution < 1.29 is 14.3 Å². The maximum absolute atomic E-state index is 13.0. The average molecular weight is 360 g/mol. The predicted molar refractivity (Wildman–Crippen MR) is 97.0 cm³/mol. The lowest BCUT2D eigenvalue weighted by Crippen LogP contribution is -2.58. The molecule has 1 N–H and O–H groups in total. The van der Waals surface area contributed by atoms with Crippen molar-refractivity contribution >= 4 is 34.9 Å². The summed E-state index contributed by atoms with van der Waals surface area (Å²) in [4.78, 5) is 30.8. The summed E-state index contributed by atoms with van der Waals surface area (Å²) in [6.07, 6.45) is 7.01. The minimum absolute atomic E-state index is 0.0185. The second kappa shape index (κ2) is 6.37. The number of benzene rings is 1.